The molecule has 0 radical (unpaired) electrons. The van der Waals surface area contributed by atoms with Gasteiger partial charge in [-0.25, -0.2) is 4.98 Å². The van der Waals surface area contributed by atoms with Gasteiger partial charge in [-0.2, -0.15) is 0 Å². The van der Waals surface area contributed by atoms with Gasteiger partial charge in [-0.15, -0.1) is 11.6 Å². The van der Waals surface area contributed by atoms with Crippen LogP contribution in [0.25, 0.3) is 10.9 Å². The van der Waals surface area contributed by atoms with E-state index in [1.54, 1.807) is 19.2 Å². The summed E-state index contributed by atoms with van der Waals surface area (Å²) in [6, 6.07) is 3.37. The molecule has 5 nitrogen and oxygen atoms in total. The SMILES string of the molecule is COc1cc2c(=O)n(C)cnc2cc1OCCCCl. The summed E-state index contributed by atoms with van der Waals surface area (Å²) in [5.41, 5.74) is 0.473. The number of methoxy groups -OCH3 is 1. The molecule has 0 aliphatic carbocycles. The predicted molar refractivity (Wildman–Crippen MR) is 74.4 cm³/mol. The van der Waals surface area contributed by atoms with Crippen molar-refractivity contribution in [1.82, 2.24) is 9.55 Å². The number of fused-ring (bicyclic) bond motifs is 1. The maximum atomic E-state index is 12.0. The molecule has 0 saturated carbocycles. The van der Waals surface area contributed by atoms with Crippen LogP contribution in [0.3, 0.4) is 0 Å². The van der Waals surface area contributed by atoms with Gasteiger partial charge in [-0.1, -0.05) is 0 Å². The van der Waals surface area contributed by atoms with Gasteiger partial charge in [0.1, 0.15) is 0 Å². The molecule has 2 rings (SSSR count). The first kappa shape index (κ1) is 13.7. The first-order valence-corrected chi connectivity index (χ1v) is 6.43. The summed E-state index contributed by atoms with van der Waals surface area (Å²) in [7, 11) is 3.20. The molecule has 0 amide bonds. The Morgan fingerprint density at radius 1 is 1.37 bits per heavy atom. The molecule has 1 aromatic heterocycles. The van der Waals surface area contributed by atoms with Gasteiger partial charge in [0.15, 0.2) is 11.5 Å². The van der Waals surface area contributed by atoms with Crippen LogP contribution >= 0.6 is 11.6 Å². The number of nitrogens with zero attached hydrogens (tertiary/aromatic N) is 2. The van der Waals surface area contributed by atoms with Gasteiger partial charge in [0, 0.05) is 19.0 Å². The number of hydrogen-bond acceptors (Lipinski definition) is 4. The third-order valence-electron chi connectivity index (χ3n) is 2.74. The van der Waals surface area contributed by atoms with E-state index >= 15 is 0 Å². The van der Waals surface area contributed by atoms with E-state index in [1.807, 2.05) is 0 Å². The summed E-state index contributed by atoms with van der Waals surface area (Å²) in [5, 5.41) is 0.506. The second kappa shape index (κ2) is 5.93. The van der Waals surface area contributed by atoms with E-state index in [9.17, 15) is 4.79 Å². The highest BCUT2D eigenvalue weighted by Crippen LogP contribution is 2.30. The zero-order valence-electron chi connectivity index (χ0n) is 10.9. The molecule has 0 bridgehead atoms. The number of ether oxygens (including phenoxy) is 2. The van der Waals surface area contributed by atoms with E-state index in [0.717, 1.165) is 6.42 Å². The maximum absolute atomic E-state index is 12.0. The van der Waals surface area contributed by atoms with Gasteiger partial charge in [0.05, 0.1) is 30.9 Å². The smallest absolute Gasteiger partial charge is 0.261 e. The number of halogens is 1. The van der Waals surface area contributed by atoms with Crippen molar-refractivity contribution in [2.24, 2.45) is 7.05 Å². The largest absolute Gasteiger partial charge is 0.493 e. The molecule has 0 saturated heterocycles. The van der Waals surface area contributed by atoms with Crippen molar-refractivity contribution >= 4 is 22.5 Å². The van der Waals surface area contributed by atoms with E-state index in [0.29, 0.717) is 34.9 Å². The zero-order valence-corrected chi connectivity index (χ0v) is 11.6. The van der Waals surface area contributed by atoms with Gasteiger partial charge < -0.3 is 14.0 Å². The van der Waals surface area contributed by atoms with Crippen molar-refractivity contribution in [2.45, 2.75) is 6.42 Å². The molecule has 0 aliphatic rings. The highest BCUT2D eigenvalue weighted by molar-refractivity contribution is 6.17. The molecule has 1 aromatic carbocycles. The Kier molecular flexibility index (Phi) is 4.27. The fourth-order valence-electron chi connectivity index (χ4n) is 1.73. The lowest BCUT2D eigenvalue weighted by Crippen LogP contribution is -2.17. The lowest BCUT2D eigenvalue weighted by molar-refractivity contribution is 0.295. The van der Waals surface area contributed by atoms with Crippen molar-refractivity contribution in [3.63, 3.8) is 0 Å². The van der Waals surface area contributed by atoms with Crippen LogP contribution in [0, 0.1) is 0 Å². The lowest BCUT2D eigenvalue weighted by Gasteiger charge is -2.11. The molecule has 0 spiro atoms. The fraction of sp³-hybridized carbons (Fsp3) is 0.385. The minimum Gasteiger partial charge on any atom is -0.493 e. The van der Waals surface area contributed by atoms with E-state index in [2.05, 4.69) is 4.98 Å². The molecular weight excluding hydrogens is 268 g/mol. The molecule has 19 heavy (non-hydrogen) atoms. The topological polar surface area (TPSA) is 53.4 Å². The first-order chi connectivity index (χ1) is 9.17. The average Bonchev–Trinajstić information content (AvgIpc) is 2.43. The fourth-order valence-corrected chi connectivity index (χ4v) is 1.84. The van der Waals surface area contributed by atoms with Gasteiger partial charge in [0.2, 0.25) is 0 Å². The minimum atomic E-state index is -0.115. The Bertz CT molecular complexity index is 640. The number of benzene rings is 1. The summed E-state index contributed by atoms with van der Waals surface area (Å²) >= 11 is 5.61. The number of alkyl halides is 1. The summed E-state index contributed by atoms with van der Waals surface area (Å²) in [6.07, 6.45) is 2.23. The Labute approximate surface area is 115 Å². The van der Waals surface area contributed by atoms with Crippen molar-refractivity contribution < 1.29 is 9.47 Å². The number of aromatic nitrogens is 2. The van der Waals surface area contributed by atoms with Crippen LogP contribution in [0.4, 0.5) is 0 Å². The normalized spacial score (nSPS) is 10.7. The van der Waals surface area contributed by atoms with Crippen molar-refractivity contribution in [2.75, 3.05) is 19.6 Å². The molecule has 102 valence electrons. The Morgan fingerprint density at radius 3 is 2.84 bits per heavy atom. The third-order valence-corrected chi connectivity index (χ3v) is 3.01. The Hall–Kier alpha value is -1.75. The van der Waals surface area contributed by atoms with Crippen LogP contribution < -0.4 is 15.0 Å². The molecule has 0 N–H and O–H groups in total. The molecule has 0 atom stereocenters. The monoisotopic (exact) mass is 282 g/mol. The molecule has 0 fully saturated rings. The van der Waals surface area contributed by atoms with Gasteiger partial charge in [0.25, 0.3) is 5.56 Å². The summed E-state index contributed by atoms with van der Waals surface area (Å²) in [4.78, 5) is 16.2. The maximum Gasteiger partial charge on any atom is 0.261 e. The molecule has 6 heteroatoms. The molecular formula is C13H15ClN2O3. The van der Waals surface area contributed by atoms with Crippen LogP contribution in [0.5, 0.6) is 11.5 Å². The van der Waals surface area contributed by atoms with E-state index < -0.39 is 0 Å². The summed E-state index contributed by atoms with van der Waals surface area (Å²) < 4.78 is 12.3. The first-order valence-electron chi connectivity index (χ1n) is 5.89. The van der Waals surface area contributed by atoms with Crippen LogP contribution in [0.2, 0.25) is 0 Å². The van der Waals surface area contributed by atoms with Crippen molar-refractivity contribution in [3.05, 3.63) is 28.8 Å². The molecule has 2 aromatic rings. The van der Waals surface area contributed by atoms with Crippen molar-refractivity contribution in [1.29, 1.82) is 0 Å². The zero-order chi connectivity index (χ0) is 13.8. The van der Waals surface area contributed by atoms with E-state index in [1.165, 1.54) is 18.0 Å². The van der Waals surface area contributed by atoms with Crippen LogP contribution in [-0.4, -0.2) is 29.1 Å². The van der Waals surface area contributed by atoms with Gasteiger partial charge in [-0.3, -0.25) is 4.79 Å². The number of hydrogen-bond donors (Lipinski definition) is 0. The van der Waals surface area contributed by atoms with E-state index in [4.69, 9.17) is 21.1 Å². The predicted octanol–water partition coefficient (Wildman–Crippen LogP) is 1.95. The van der Waals surface area contributed by atoms with Crippen LogP contribution in [0.15, 0.2) is 23.3 Å². The van der Waals surface area contributed by atoms with Crippen LogP contribution in [-0.2, 0) is 7.05 Å². The van der Waals surface area contributed by atoms with Gasteiger partial charge >= 0.3 is 0 Å². The van der Waals surface area contributed by atoms with Crippen LogP contribution in [0.1, 0.15) is 6.42 Å². The molecule has 0 unspecified atom stereocenters. The standard InChI is InChI=1S/C13H15ClN2O3/c1-16-8-15-10-7-12(19-5-3-4-14)11(18-2)6-9(10)13(16)17/h6-8H,3-5H2,1-2H3. The summed E-state index contributed by atoms with van der Waals surface area (Å²) in [5.74, 6) is 1.63. The summed E-state index contributed by atoms with van der Waals surface area (Å²) in [6.45, 7) is 0.496. The highest BCUT2D eigenvalue weighted by atomic mass is 35.5. The molecule has 1 heterocycles. The third kappa shape index (κ3) is 2.81. The second-order valence-electron chi connectivity index (χ2n) is 4.07. The van der Waals surface area contributed by atoms with Gasteiger partial charge in [-0.05, 0) is 12.5 Å². The van der Waals surface area contributed by atoms with Crippen molar-refractivity contribution in [3.8, 4) is 11.5 Å². The quantitative estimate of drug-likeness (QED) is 0.621. The highest BCUT2D eigenvalue weighted by Gasteiger charge is 2.10. The Balaban J connectivity index is 2.48. The second-order valence-corrected chi connectivity index (χ2v) is 4.45. The Morgan fingerprint density at radius 2 is 2.16 bits per heavy atom. The molecule has 0 aliphatic heterocycles. The average molecular weight is 283 g/mol. The number of rotatable bonds is 5. The number of aryl methyl sites for hydroxylation is 1. The lowest BCUT2D eigenvalue weighted by atomic mass is 10.2. The minimum absolute atomic E-state index is 0.115. The van der Waals surface area contributed by atoms with E-state index in [-0.39, 0.29) is 5.56 Å².